The quantitative estimate of drug-likeness (QED) is 0.193. The van der Waals surface area contributed by atoms with Crippen molar-refractivity contribution in [3.05, 3.63) is 94.0 Å². The van der Waals surface area contributed by atoms with Crippen LogP contribution in [-0.2, 0) is 11.3 Å². The molecular formula is C28H16Cl2N6O3. The van der Waals surface area contributed by atoms with Gasteiger partial charge in [0.15, 0.2) is 29.1 Å². The van der Waals surface area contributed by atoms with Crippen molar-refractivity contribution >= 4 is 35.0 Å². The second-order valence-electron chi connectivity index (χ2n) is 8.68. The summed E-state index contributed by atoms with van der Waals surface area (Å²) >= 11 is 12.6. The Morgan fingerprint density at radius 2 is 1.28 bits per heavy atom. The third-order valence-corrected chi connectivity index (χ3v) is 6.35. The molecule has 9 nitrogen and oxygen atoms in total. The van der Waals surface area contributed by atoms with Crippen molar-refractivity contribution in [3.63, 3.8) is 0 Å². The molecule has 0 fully saturated rings. The summed E-state index contributed by atoms with van der Waals surface area (Å²) in [6, 6.07) is 19.3. The minimum Gasteiger partial charge on any atom is -0.457 e. The molecule has 0 saturated heterocycles. The van der Waals surface area contributed by atoms with E-state index >= 15 is 0 Å². The van der Waals surface area contributed by atoms with Crippen molar-refractivity contribution in [2.24, 2.45) is 0 Å². The van der Waals surface area contributed by atoms with E-state index in [-0.39, 0.29) is 51.8 Å². The number of esters is 1. The van der Waals surface area contributed by atoms with Crippen LogP contribution in [0.3, 0.4) is 0 Å². The molecule has 0 unspecified atom stereocenters. The van der Waals surface area contributed by atoms with Crippen LogP contribution in [0.2, 0.25) is 10.6 Å². The van der Waals surface area contributed by atoms with Gasteiger partial charge in [-0.1, -0.05) is 36.4 Å². The fourth-order valence-corrected chi connectivity index (χ4v) is 4.51. The topological polar surface area (TPSA) is 121 Å². The minimum absolute atomic E-state index is 0.0428. The maximum absolute atomic E-state index is 13.2. The Bertz CT molecular complexity index is 1800. The molecule has 1 aliphatic heterocycles. The summed E-state index contributed by atoms with van der Waals surface area (Å²) in [6.45, 7) is 1.53. The average molecular weight is 555 g/mol. The number of hydrogen-bond donors (Lipinski definition) is 0. The zero-order valence-electron chi connectivity index (χ0n) is 20.2. The summed E-state index contributed by atoms with van der Waals surface area (Å²) in [5.74, 6) is 0.0878. The molecule has 0 saturated carbocycles. The SMILES string of the molecule is CC(=O)c1ccc2cc1-c1nc(Cl)nc(n1)-c1cc(C(=O)OCc3ccccc3)cc(c1)-c1nc(Cl)nc-2n1. The molecule has 0 spiro atoms. The van der Waals surface area contributed by atoms with Gasteiger partial charge in [0.25, 0.3) is 0 Å². The van der Waals surface area contributed by atoms with E-state index in [1.165, 1.54) is 6.92 Å². The van der Waals surface area contributed by atoms with Crippen LogP contribution in [0.15, 0.2) is 66.7 Å². The molecule has 5 aromatic rings. The molecule has 0 N–H and O–H groups in total. The molecule has 8 bridgehead atoms. The number of nitrogens with zero attached hydrogens (tertiary/aromatic N) is 6. The molecule has 0 atom stereocenters. The maximum Gasteiger partial charge on any atom is 0.338 e. The third-order valence-electron chi connectivity index (χ3n) is 6.01. The van der Waals surface area contributed by atoms with Gasteiger partial charge in [-0.15, -0.1) is 0 Å². The van der Waals surface area contributed by atoms with Crippen molar-refractivity contribution in [3.8, 4) is 45.6 Å². The second kappa shape index (κ2) is 9.94. The van der Waals surface area contributed by atoms with Crippen LogP contribution >= 0.6 is 23.2 Å². The molecule has 2 aromatic heterocycles. The second-order valence-corrected chi connectivity index (χ2v) is 9.36. The van der Waals surface area contributed by atoms with Crippen molar-refractivity contribution in [2.45, 2.75) is 13.5 Å². The lowest BCUT2D eigenvalue weighted by molar-refractivity contribution is 0.0472. The summed E-state index contributed by atoms with van der Waals surface area (Å²) in [6.07, 6.45) is 0. The molecule has 0 radical (unpaired) electrons. The van der Waals surface area contributed by atoms with E-state index < -0.39 is 5.97 Å². The Labute approximate surface area is 231 Å². The standard InChI is InChI=1S/C28H16Cl2N6O3/c1-14(37)20-8-7-16-12-21(20)25-32-24(35-28(30)36-25)18-9-17(23-31-22(16)33-27(29)34-23)10-19(11-18)26(38)39-13-15-5-3-2-4-6-15/h2-12H,13H2,1H3. The van der Waals surface area contributed by atoms with Gasteiger partial charge in [-0.2, -0.15) is 19.9 Å². The highest BCUT2D eigenvalue weighted by Gasteiger charge is 2.21. The van der Waals surface area contributed by atoms with E-state index in [4.69, 9.17) is 27.9 Å². The number of halogens is 2. The Hall–Kier alpha value is -4.60. The smallest absolute Gasteiger partial charge is 0.338 e. The number of aromatic nitrogens is 6. The van der Waals surface area contributed by atoms with E-state index in [0.29, 0.717) is 27.8 Å². The number of fused-ring (bicyclic) bond motifs is 12. The first-order valence-electron chi connectivity index (χ1n) is 11.7. The Morgan fingerprint density at radius 3 is 1.92 bits per heavy atom. The van der Waals surface area contributed by atoms with Gasteiger partial charge in [-0.25, -0.2) is 14.8 Å². The van der Waals surface area contributed by atoms with Gasteiger partial charge in [0, 0.05) is 27.8 Å². The molecular weight excluding hydrogens is 539 g/mol. The zero-order chi connectivity index (χ0) is 27.1. The molecule has 39 heavy (non-hydrogen) atoms. The predicted molar refractivity (Wildman–Crippen MR) is 144 cm³/mol. The first kappa shape index (κ1) is 24.7. The van der Waals surface area contributed by atoms with E-state index in [2.05, 4.69) is 29.9 Å². The van der Waals surface area contributed by atoms with Gasteiger partial charge < -0.3 is 4.74 Å². The number of ether oxygens (including phenoxy) is 1. The number of carbonyl (C=O) groups excluding carboxylic acids is 2. The van der Waals surface area contributed by atoms with Crippen molar-refractivity contribution in [1.29, 1.82) is 0 Å². The molecule has 6 rings (SSSR count). The van der Waals surface area contributed by atoms with E-state index in [9.17, 15) is 9.59 Å². The van der Waals surface area contributed by atoms with Gasteiger partial charge in [-0.05, 0) is 66.0 Å². The van der Waals surface area contributed by atoms with Gasteiger partial charge in [0.05, 0.1) is 5.56 Å². The van der Waals surface area contributed by atoms with Gasteiger partial charge in [-0.3, -0.25) is 4.79 Å². The normalized spacial score (nSPS) is 11.3. The summed E-state index contributed by atoms with van der Waals surface area (Å²) in [5.41, 5.74) is 3.31. The first-order chi connectivity index (χ1) is 18.8. The molecule has 11 heteroatoms. The molecule has 190 valence electrons. The number of carbonyl (C=O) groups is 2. The molecule has 3 aromatic carbocycles. The van der Waals surface area contributed by atoms with Crippen LogP contribution in [0.25, 0.3) is 45.6 Å². The van der Waals surface area contributed by atoms with Gasteiger partial charge >= 0.3 is 5.97 Å². The monoisotopic (exact) mass is 554 g/mol. The highest BCUT2D eigenvalue weighted by atomic mass is 35.5. The number of Topliss-reactive ketones (excluding diaryl/α,β-unsaturated/α-hetero) is 1. The van der Waals surface area contributed by atoms with Crippen LogP contribution < -0.4 is 0 Å². The summed E-state index contributed by atoms with van der Waals surface area (Å²) < 4.78 is 5.56. The van der Waals surface area contributed by atoms with Crippen LogP contribution in [0, 0.1) is 0 Å². The van der Waals surface area contributed by atoms with Crippen LogP contribution in [0.4, 0.5) is 0 Å². The maximum atomic E-state index is 13.2. The molecule has 1 aliphatic rings. The Kier molecular flexibility index (Phi) is 6.30. The van der Waals surface area contributed by atoms with Crippen LogP contribution in [0.5, 0.6) is 0 Å². The summed E-state index contributed by atoms with van der Waals surface area (Å²) in [4.78, 5) is 52.0. The highest BCUT2D eigenvalue weighted by molar-refractivity contribution is 6.28. The summed E-state index contributed by atoms with van der Waals surface area (Å²) in [7, 11) is 0. The van der Waals surface area contributed by atoms with Crippen molar-refractivity contribution in [1.82, 2.24) is 29.9 Å². The lowest BCUT2D eigenvalue weighted by Crippen LogP contribution is -2.08. The van der Waals surface area contributed by atoms with Crippen molar-refractivity contribution in [2.75, 3.05) is 0 Å². The minimum atomic E-state index is -0.570. The largest absolute Gasteiger partial charge is 0.457 e. The number of ketones is 1. The number of benzene rings is 3. The lowest BCUT2D eigenvalue weighted by atomic mass is 9.99. The molecule has 0 aliphatic carbocycles. The first-order valence-corrected chi connectivity index (χ1v) is 12.5. The van der Waals surface area contributed by atoms with Crippen LogP contribution in [-0.4, -0.2) is 41.7 Å². The zero-order valence-corrected chi connectivity index (χ0v) is 21.7. The molecule has 3 heterocycles. The highest BCUT2D eigenvalue weighted by Crippen LogP contribution is 2.33. The van der Waals surface area contributed by atoms with E-state index in [1.54, 1.807) is 36.4 Å². The van der Waals surface area contributed by atoms with E-state index in [0.717, 1.165) is 5.56 Å². The lowest BCUT2D eigenvalue weighted by Gasteiger charge is -2.14. The van der Waals surface area contributed by atoms with Crippen molar-refractivity contribution < 1.29 is 14.3 Å². The third kappa shape index (κ3) is 4.97. The van der Waals surface area contributed by atoms with E-state index in [1.807, 2.05) is 30.3 Å². The number of hydrogen-bond acceptors (Lipinski definition) is 9. The summed E-state index contributed by atoms with van der Waals surface area (Å²) in [5, 5.41) is -0.125. The van der Waals surface area contributed by atoms with Gasteiger partial charge in [0.1, 0.15) is 6.61 Å². The number of rotatable bonds is 4. The Morgan fingerprint density at radius 1 is 0.692 bits per heavy atom. The fourth-order valence-electron chi connectivity index (χ4n) is 4.19. The molecule has 0 amide bonds. The average Bonchev–Trinajstić information content (AvgIpc) is 2.94. The predicted octanol–water partition coefficient (Wildman–Crippen LogP) is 5.90. The fraction of sp³-hybridized carbons (Fsp3) is 0.0714. The van der Waals surface area contributed by atoms with Gasteiger partial charge in [0.2, 0.25) is 10.6 Å². The Balaban J connectivity index is 1.56. The van der Waals surface area contributed by atoms with Crippen LogP contribution in [0.1, 0.15) is 33.2 Å².